The zero-order chi connectivity index (χ0) is 18.5. The van der Waals surface area contributed by atoms with Crippen LogP contribution in [0.4, 0.5) is 5.82 Å². The van der Waals surface area contributed by atoms with Crippen molar-refractivity contribution in [3.05, 3.63) is 53.2 Å². The van der Waals surface area contributed by atoms with Gasteiger partial charge >= 0.3 is 0 Å². The van der Waals surface area contributed by atoms with E-state index in [1.54, 1.807) is 18.3 Å². The Labute approximate surface area is 162 Å². The molecule has 0 unspecified atom stereocenters. The number of likely N-dealkylation sites (tertiary alicyclic amines) is 1. The molecule has 3 aromatic rings. The van der Waals surface area contributed by atoms with E-state index >= 15 is 0 Å². The van der Waals surface area contributed by atoms with Gasteiger partial charge in [0.2, 0.25) is 5.91 Å². The second-order valence-corrected chi connectivity index (χ2v) is 8.48. The Morgan fingerprint density at radius 2 is 1.93 bits per heavy atom. The van der Waals surface area contributed by atoms with Gasteiger partial charge in [-0.05, 0) is 23.9 Å². The number of nitrogens with zero attached hydrogens (tertiary/aromatic N) is 4. The molecule has 1 aromatic carbocycles. The summed E-state index contributed by atoms with van der Waals surface area (Å²) in [6.07, 6.45) is 0. The van der Waals surface area contributed by atoms with Gasteiger partial charge in [0.25, 0.3) is 0 Å². The summed E-state index contributed by atoms with van der Waals surface area (Å²) in [6, 6.07) is 12.7. The Kier molecular flexibility index (Phi) is 3.90. The van der Waals surface area contributed by atoms with Crippen molar-refractivity contribution in [2.75, 3.05) is 24.5 Å². The SMILES string of the molecule is CC(=O)N1C[C@H]2CN(c3nc(C)nc4sccc34)C[C@H]2[C@H]1c1ccccc1. The Hall–Kier alpha value is -2.47. The van der Waals surface area contributed by atoms with E-state index in [1.165, 1.54) is 5.56 Å². The molecule has 5 rings (SSSR count). The first-order chi connectivity index (χ1) is 13.1. The molecule has 1 amide bonds. The molecule has 0 radical (unpaired) electrons. The van der Waals surface area contributed by atoms with Crippen LogP contribution in [0.3, 0.4) is 0 Å². The summed E-state index contributed by atoms with van der Waals surface area (Å²) in [7, 11) is 0. The predicted molar refractivity (Wildman–Crippen MR) is 108 cm³/mol. The number of amides is 1. The molecule has 0 aliphatic carbocycles. The molecule has 5 nitrogen and oxygen atoms in total. The Balaban J connectivity index is 1.51. The highest BCUT2D eigenvalue weighted by Crippen LogP contribution is 2.46. The Morgan fingerprint density at radius 1 is 1.11 bits per heavy atom. The van der Waals surface area contributed by atoms with Crippen molar-refractivity contribution < 1.29 is 4.79 Å². The van der Waals surface area contributed by atoms with Gasteiger partial charge in [0, 0.05) is 38.4 Å². The first kappa shape index (κ1) is 16.7. The van der Waals surface area contributed by atoms with Gasteiger partial charge in [-0.1, -0.05) is 30.3 Å². The molecule has 0 spiro atoms. The van der Waals surface area contributed by atoms with Crippen LogP contribution in [0.15, 0.2) is 41.8 Å². The summed E-state index contributed by atoms with van der Waals surface area (Å²) in [5.74, 6) is 2.95. The lowest BCUT2D eigenvalue weighted by molar-refractivity contribution is -0.130. The Morgan fingerprint density at radius 3 is 2.70 bits per heavy atom. The van der Waals surface area contributed by atoms with Crippen LogP contribution in [0.2, 0.25) is 0 Å². The topological polar surface area (TPSA) is 49.3 Å². The van der Waals surface area contributed by atoms with Crippen LogP contribution >= 0.6 is 11.3 Å². The third-order valence-corrected chi connectivity index (χ3v) is 6.73. The second kappa shape index (κ2) is 6.30. The molecule has 3 atom stereocenters. The number of benzene rings is 1. The van der Waals surface area contributed by atoms with Gasteiger partial charge in [-0.3, -0.25) is 4.79 Å². The molecule has 0 bridgehead atoms. The maximum atomic E-state index is 12.3. The van der Waals surface area contributed by atoms with E-state index in [0.717, 1.165) is 41.5 Å². The predicted octanol–water partition coefficient (Wildman–Crippen LogP) is 3.66. The van der Waals surface area contributed by atoms with Crippen LogP contribution in [-0.4, -0.2) is 40.4 Å². The molecule has 4 heterocycles. The molecule has 2 fully saturated rings. The molecule has 2 aromatic heterocycles. The summed E-state index contributed by atoms with van der Waals surface area (Å²) >= 11 is 1.67. The van der Waals surface area contributed by atoms with Crippen LogP contribution < -0.4 is 4.90 Å². The molecule has 0 N–H and O–H groups in total. The first-order valence-corrected chi connectivity index (χ1v) is 10.3. The molecule has 27 heavy (non-hydrogen) atoms. The van der Waals surface area contributed by atoms with Crippen LogP contribution in [0, 0.1) is 18.8 Å². The number of aromatic nitrogens is 2. The molecular formula is C21H22N4OS. The maximum absolute atomic E-state index is 12.3. The standard InChI is InChI=1S/C21H22N4OS/c1-13-22-20(17-8-9-27-21(17)23-13)24-10-16-11-25(14(2)26)19(18(16)12-24)15-6-4-3-5-7-15/h3-9,16,18-19H,10-12H2,1-2H3/t16-,18-,19-/m1/s1. The monoisotopic (exact) mass is 378 g/mol. The normalized spacial score (nSPS) is 24.6. The van der Waals surface area contributed by atoms with Gasteiger partial charge in [-0.15, -0.1) is 11.3 Å². The number of carbonyl (C=O) groups excluding carboxylic acids is 1. The van der Waals surface area contributed by atoms with Crippen molar-refractivity contribution >= 4 is 33.3 Å². The van der Waals surface area contributed by atoms with Crippen molar-refractivity contribution in [2.45, 2.75) is 19.9 Å². The minimum atomic E-state index is 0.152. The van der Waals surface area contributed by atoms with E-state index in [1.807, 2.05) is 13.0 Å². The minimum absolute atomic E-state index is 0.152. The van der Waals surface area contributed by atoms with Gasteiger partial charge in [0.05, 0.1) is 11.4 Å². The fraction of sp³-hybridized carbons (Fsp3) is 0.381. The number of hydrogen-bond donors (Lipinski definition) is 0. The lowest BCUT2D eigenvalue weighted by Crippen LogP contribution is -2.34. The summed E-state index contributed by atoms with van der Waals surface area (Å²) in [6.45, 7) is 6.35. The van der Waals surface area contributed by atoms with Gasteiger partial charge in [0.1, 0.15) is 16.5 Å². The van der Waals surface area contributed by atoms with Crippen LogP contribution in [-0.2, 0) is 4.79 Å². The third kappa shape index (κ3) is 2.70. The zero-order valence-electron chi connectivity index (χ0n) is 15.5. The van der Waals surface area contributed by atoms with Gasteiger partial charge in [-0.2, -0.15) is 0 Å². The van der Waals surface area contributed by atoms with E-state index in [-0.39, 0.29) is 11.9 Å². The molecule has 2 aliphatic heterocycles. The third-order valence-electron chi connectivity index (χ3n) is 5.93. The maximum Gasteiger partial charge on any atom is 0.219 e. The van der Waals surface area contributed by atoms with E-state index in [4.69, 9.17) is 4.98 Å². The summed E-state index contributed by atoms with van der Waals surface area (Å²) in [5.41, 5.74) is 1.24. The number of aryl methyl sites for hydroxylation is 1. The highest BCUT2D eigenvalue weighted by molar-refractivity contribution is 7.16. The van der Waals surface area contributed by atoms with Crippen LogP contribution in [0.5, 0.6) is 0 Å². The molecule has 6 heteroatoms. The van der Waals surface area contributed by atoms with E-state index in [2.05, 4.69) is 50.5 Å². The first-order valence-electron chi connectivity index (χ1n) is 9.41. The van der Waals surface area contributed by atoms with E-state index in [9.17, 15) is 4.79 Å². The van der Waals surface area contributed by atoms with Crippen LogP contribution in [0.25, 0.3) is 10.2 Å². The summed E-state index contributed by atoms with van der Waals surface area (Å²) in [5, 5.41) is 3.23. The molecule has 2 saturated heterocycles. The molecule has 138 valence electrons. The number of carbonyl (C=O) groups is 1. The minimum Gasteiger partial charge on any atom is -0.355 e. The van der Waals surface area contributed by atoms with Gasteiger partial charge in [-0.25, -0.2) is 9.97 Å². The van der Waals surface area contributed by atoms with Crippen molar-refractivity contribution in [2.24, 2.45) is 11.8 Å². The Bertz CT molecular complexity index is 1000. The highest BCUT2D eigenvalue weighted by Gasteiger charge is 2.48. The average molecular weight is 379 g/mol. The van der Waals surface area contributed by atoms with E-state index in [0.29, 0.717) is 11.8 Å². The van der Waals surface area contributed by atoms with Crippen molar-refractivity contribution in [1.29, 1.82) is 0 Å². The number of thiophene rings is 1. The number of rotatable bonds is 2. The largest absolute Gasteiger partial charge is 0.355 e. The second-order valence-electron chi connectivity index (χ2n) is 7.59. The molecule has 2 aliphatic rings. The van der Waals surface area contributed by atoms with Crippen LogP contribution in [0.1, 0.15) is 24.4 Å². The fourth-order valence-electron chi connectivity index (χ4n) is 4.80. The van der Waals surface area contributed by atoms with Crippen molar-refractivity contribution in [3.63, 3.8) is 0 Å². The zero-order valence-corrected chi connectivity index (χ0v) is 16.3. The fourth-order valence-corrected chi connectivity index (χ4v) is 5.61. The number of anilines is 1. The number of fused-ring (bicyclic) bond motifs is 2. The lowest BCUT2D eigenvalue weighted by atomic mass is 9.89. The van der Waals surface area contributed by atoms with E-state index < -0.39 is 0 Å². The van der Waals surface area contributed by atoms with Crippen molar-refractivity contribution in [1.82, 2.24) is 14.9 Å². The molecular weight excluding hydrogens is 356 g/mol. The molecule has 0 saturated carbocycles. The number of hydrogen-bond acceptors (Lipinski definition) is 5. The quantitative estimate of drug-likeness (QED) is 0.683. The van der Waals surface area contributed by atoms with Gasteiger partial charge < -0.3 is 9.80 Å². The smallest absolute Gasteiger partial charge is 0.219 e. The summed E-state index contributed by atoms with van der Waals surface area (Å²) < 4.78 is 0. The van der Waals surface area contributed by atoms with Gasteiger partial charge in [0.15, 0.2) is 0 Å². The highest BCUT2D eigenvalue weighted by atomic mass is 32.1. The lowest BCUT2D eigenvalue weighted by Gasteiger charge is -2.29. The van der Waals surface area contributed by atoms with Crippen molar-refractivity contribution in [3.8, 4) is 0 Å². The summed E-state index contributed by atoms with van der Waals surface area (Å²) in [4.78, 5) is 27.2. The average Bonchev–Trinajstić information content (AvgIpc) is 3.35.